The smallest absolute Gasteiger partial charge is 0.340 e. The van der Waals surface area contributed by atoms with Crippen molar-refractivity contribution in [2.45, 2.75) is 44.0 Å². The first-order chi connectivity index (χ1) is 16.6. The van der Waals surface area contributed by atoms with Crippen LogP contribution in [0.1, 0.15) is 30.6 Å². The van der Waals surface area contributed by atoms with Gasteiger partial charge in [-0.1, -0.05) is 35.1 Å². The molecule has 1 aliphatic heterocycles. The number of amides is 1. The molecule has 0 bridgehead atoms. The third-order valence-electron chi connectivity index (χ3n) is 6.15. The van der Waals surface area contributed by atoms with Crippen LogP contribution in [0.5, 0.6) is 0 Å². The van der Waals surface area contributed by atoms with E-state index in [2.05, 4.69) is 0 Å². The van der Waals surface area contributed by atoms with Gasteiger partial charge in [0.1, 0.15) is 13.1 Å². The number of halogens is 1. The molecule has 0 unspecified atom stereocenters. The number of rotatable bonds is 7. The minimum Gasteiger partial charge on any atom is -0.548 e. The van der Waals surface area contributed by atoms with Crippen molar-refractivity contribution >= 4 is 55.4 Å². The zero-order valence-electron chi connectivity index (χ0n) is 19.3. The number of likely N-dealkylation sites (tertiary alicyclic amines) is 1. The maximum absolute atomic E-state index is 13.5. The summed E-state index contributed by atoms with van der Waals surface area (Å²) in [5.41, 5.74) is 0. The molecule has 2 aromatic carbocycles. The topological polar surface area (TPSA) is 109 Å². The zero-order chi connectivity index (χ0) is 25.2. The lowest BCUT2D eigenvalue weighted by molar-refractivity contribution is -0.869. The number of sulfone groups is 1. The van der Waals surface area contributed by atoms with Crippen LogP contribution < -0.4 is 9.91 Å². The zero-order valence-corrected chi connectivity index (χ0v) is 21.7. The maximum atomic E-state index is 13.5. The Bertz CT molecular complexity index is 1450. The molecule has 3 aromatic rings. The van der Waals surface area contributed by atoms with Crippen LogP contribution >= 0.6 is 22.9 Å². The lowest BCUT2D eigenvalue weighted by atomic mass is 10.1. The summed E-state index contributed by atoms with van der Waals surface area (Å²) in [6, 6.07) is 10.1. The Morgan fingerprint density at radius 3 is 2.51 bits per heavy atom. The van der Waals surface area contributed by atoms with Crippen LogP contribution in [-0.4, -0.2) is 48.3 Å². The number of quaternary nitrogens is 1. The average molecular weight is 536 g/mol. The number of hydrogen-bond donors (Lipinski definition) is 0. The Morgan fingerprint density at radius 1 is 1.11 bits per heavy atom. The van der Waals surface area contributed by atoms with Gasteiger partial charge in [-0.15, -0.1) is 4.59 Å². The Balaban J connectivity index is 1.60. The Labute approximate surface area is 212 Å². The van der Waals surface area contributed by atoms with Crippen LogP contribution in [0.15, 0.2) is 52.6 Å². The number of aromatic nitrogens is 1. The molecule has 1 fully saturated rings. The van der Waals surface area contributed by atoms with Crippen LogP contribution in [-0.2, 0) is 26.0 Å². The van der Waals surface area contributed by atoms with E-state index in [4.69, 9.17) is 16.7 Å². The number of aryl methyl sites for hydroxylation is 1. The van der Waals surface area contributed by atoms with Crippen molar-refractivity contribution in [2.75, 3.05) is 18.8 Å². The van der Waals surface area contributed by atoms with Gasteiger partial charge in [0.2, 0.25) is 4.80 Å². The molecule has 0 aliphatic carbocycles. The number of thiazole rings is 1. The normalized spacial score (nSPS) is 16.5. The molecule has 35 heavy (non-hydrogen) atoms. The van der Waals surface area contributed by atoms with E-state index in [0.29, 0.717) is 22.9 Å². The number of nitrogens with zero attached hydrogens (tertiary/aromatic N) is 3. The second kappa shape index (κ2) is 10.2. The highest BCUT2D eigenvalue weighted by Crippen LogP contribution is 2.25. The SMILES string of the molecule is Cc1cn(CC(=O)[O-])/c(=N/[N+]2(C(=O)CCS(=O)(=O)c3ccc4cc(Cl)ccc4c3)CCCCC2)s1. The van der Waals surface area contributed by atoms with Gasteiger partial charge < -0.3 is 14.5 Å². The predicted molar refractivity (Wildman–Crippen MR) is 132 cm³/mol. The van der Waals surface area contributed by atoms with Crippen molar-refractivity contribution in [2.24, 2.45) is 5.10 Å². The standard InChI is InChI=1S/C24H26ClN3O5S2/c1-17-15-27(16-23(30)31)24(34-17)26-28(10-3-2-4-11-28)22(29)9-12-35(32,33)21-8-6-18-13-20(25)7-5-19(18)14-21/h5-8,13-15H,2-4,9-12,16H2,1H3/b26-24-. The van der Waals surface area contributed by atoms with Crippen molar-refractivity contribution in [3.8, 4) is 0 Å². The second-order valence-corrected chi connectivity index (χ2v) is 12.5. The summed E-state index contributed by atoms with van der Waals surface area (Å²) in [7, 11) is -3.71. The van der Waals surface area contributed by atoms with Gasteiger partial charge in [-0.3, -0.25) is 0 Å². The minimum absolute atomic E-state index is 0.155. The number of hydrogen-bond acceptors (Lipinski definition) is 7. The molecule has 1 aromatic heterocycles. The Hall–Kier alpha value is -2.53. The van der Waals surface area contributed by atoms with Crippen molar-refractivity contribution in [1.29, 1.82) is 0 Å². The largest absolute Gasteiger partial charge is 0.548 e. The summed E-state index contributed by atoms with van der Waals surface area (Å²) in [4.78, 5) is 26.1. The summed E-state index contributed by atoms with van der Waals surface area (Å²) in [6.07, 6.45) is 4.00. The summed E-state index contributed by atoms with van der Waals surface area (Å²) >= 11 is 7.31. The van der Waals surface area contributed by atoms with Gasteiger partial charge in [0, 0.05) is 16.1 Å². The lowest BCUT2D eigenvalue weighted by Gasteiger charge is -2.32. The molecule has 0 N–H and O–H groups in total. The predicted octanol–water partition coefficient (Wildman–Crippen LogP) is 2.62. The maximum Gasteiger partial charge on any atom is 0.340 e. The molecule has 0 atom stereocenters. The number of aliphatic carboxylic acids is 1. The first kappa shape index (κ1) is 25.6. The highest BCUT2D eigenvalue weighted by Gasteiger charge is 2.39. The fourth-order valence-corrected chi connectivity index (χ4v) is 6.71. The number of fused-ring (bicyclic) bond motifs is 1. The molecule has 8 nitrogen and oxygen atoms in total. The molecular weight excluding hydrogens is 510 g/mol. The molecule has 1 saturated heterocycles. The van der Waals surface area contributed by atoms with E-state index in [0.717, 1.165) is 34.9 Å². The number of piperidine rings is 1. The molecule has 0 saturated carbocycles. The third-order valence-corrected chi connectivity index (χ3v) is 9.02. The molecule has 186 valence electrons. The first-order valence-electron chi connectivity index (χ1n) is 11.3. The summed E-state index contributed by atoms with van der Waals surface area (Å²) < 4.78 is 27.4. The first-order valence-corrected chi connectivity index (χ1v) is 14.2. The van der Waals surface area contributed by atoms with E-state index in [9.17, 15) is 23.1 Å². The fraction of sp³-hybridized carbons (Fsp3) is 0.375. The highest BCUT2D eigenvalue weighted by atomic mass is 35.5. The van der Waals surface area contributed by atoms with Crippen molar-refractivity contribution in [1.82, 2.24) is 4.57 Å². The third kappa shape index (κ3) is 5.83. The summed E-state index contributed by atoms with van der Waals surface area (Å²) in [5.74, 6) is -1.86. The van der Waals surface area contributed by atoms with Gasteiger partial charge in [0.25, 0.3) is 0 Å². The van der Waals surface area contributed by atoms with Gasteiger partial charge in [0.05, 0.1) is 29.6 Å². The fourth-order valence-electron chi connectivity index (χ4n) is 4.37. The van der Waals surface area contributed by atoms with Crippen LogP contribution in [0, 0.1) is 6.92 Å². The van der Waals surface area contributed by atoms with E-state index in [1.807, 2.05) is 6.92 Å². The number of carbonyl (C=O) groups is 2. The number of carboxylic acids is 1. The van der Waals surface area contributed by atoms with Gasteiger partial charge in [-0.05, 0) is 66.3 Å². The monoisotopic (exact) mass is 535 g/mol. The molecule has 0 spiro atoms. The number of carboxylic acid groups (broad SMARTS) is 1. The molecule has 2 heterocycles. The van der Waals surface area contributed by atoms with Gasteiger partial charge in [0.15, 0.2) is 9.84 Å². The molecule has 11 heteroatoms. The van der Waals surface area contributed by atoms with Crippen LogP contribution in [0.4, 0.5) is 0 Å². The van der Waals surface area contributed by atoms with Crippen LogP contribution in [0.2, 0.25) is 5.02 Å². The van der Waals surface area contributed by atoms with E-state index in [-0.39, 0.29) is 34.1 Å². The minimum atomic E-state index is -3.71. The van der Waals surface area contributed by atoms with Crippen molar-refractivity contribution in [3.63, 3.8) is 0 Å². The molecule has 4 rings (SSSR count). The van der Waals surface area contributed by atoms with E-state index in [1.54, 1.807) is 36.5 Å². The second-order valence-electron chi connectivity index (χ2n) is 8.77. The number of carbonyl (C=O) groups excluding carboxylic acids is 2. The summed E-state index contributed by atoms with van der Waals surface area (Å²) in [5, 5.41) is 18.0. The quantitative estimate of drug-likeness (QED) is 0.432. The highest BCUT2D eigenvalue weighted by molar-refractivity contribution is 7.91. The van der Waals surface area contributed by atoms with Crippen molar-refractivity contribution < 1.29 is 27.7 Å². The van der Waals surface area contributed by atoms with E-state index >= 15 is 0 Å². The molecule has 1 amide bonds. The summed E-state index contributed by atoms with van der Waals surface area (Å²) in [6.45, 7) is 2.39. The van der Waals surface area contributed by atoms with E-state index < -0.39 is 15.8 Å². The van der Waals surface area contributed by atoms with Gasteiger partial charge >= 0.3 is 5.91 Å². The van der Waals surface area contributed by atoms with Crippen LogP contribution in [0.25, 0.3) is 10.8 Å². The average Bonchev–Trinajstić information content (AvgIpc) is 3.15. The van der Waals surface area contributed by atoms with Gasteiger partial charge in [-0.2, -0.15) is 0 Å². The van der Waals surface area contributed by atoms with Crippen LogP contribution in [0.3, 0.4) is 0 Å². The lowest BCUT2D eigenvalue weighted by Crippen LogP contribution is -2.53. The molecular formula is C24H26ClN3O5S2. The van der Waals surface area contributed by atoms with Crippen molar-refractivity contribution in [3.05, 3.63) is 57.3 Å². The Morgan fingerprint density at radius 2 is 1.80 bits per heavy atom. The number of benzene rings is 2. The molecule has 1 aliphatic rings. The Kier molecular flexibility index (Phi) is 7.46. The van der Waals surface area contributed by atoms with E-state index in [1.165, 1.54) is 22.0 Å². The molecule has 0 radical (unpaired) electrons. The van der Waals surface area contributed by atoms with Gasteiger partial charge in [-0.25, -0.2) is 13.2 Å².